The molecule has 18 heavy (non-hydrogen) atoms. The zero-order valence-electron chi connectivity index (χ0n) is 10.3. The normalized spacial score (nSPS) is 11.7. The van der Waals surface area contributed by atoms with E-state index in [0.717, 1.165) is 6.07 Å². The summed E-state index contributed by atoms with van der Waals surface area (Å²) in [6.45, 7) is 3.82. The molecule has 0 unspecified atom stereocenters. The molecule has 1 aromatic carbocycles. The number of nitrogens with zero attached hydrogens (tertiary/aromatic N) is 1. The Hall–Kier alpha value is -2.11. The Morgan fingerprint density at radius 1 is 1.56 bits per heavy atom. The van der Waals surface area contributed by atoms with Gasteiger partial charge >= 0.3 is 0 Å². The molecule has 0 saturated carbocycles. The van der Waals surface area contributed by atoms with Gasteiger partial charge in [-0.1, -0.05) is 19.0 Å². The number of amidine groups is 1. The average molecular weight is 253 g/mol. The molecule has 1 rings (SSSR count). The number of carbonyl (C=O) groups excluding carboxylic acids is 1. The molecule has 0 bridgehead atoms. The van der Waals surface area contributed by atoms with Crippen LogP contribution in [0, 0.1) is 11.7 Å². The number of oxime groups is 1. The third-order valence-corrected chi connectivity index (χ3v) is 2.23. The van der Waals surface area contributed by atoms with Crippen molar-refractivity contribution in [2.24, 2.45) is 16.8 Å². The van der Waals surface area contributed by atoms with Crippen molar-refractivity contribution in [2.45, 2.75) is 20.3 Å². The second-order valence-corrected chi connectivity index (χ2v) is 4.32. The Bertz CT molecular complexity index is 472. The molecule has 0 saturated heterocycles. The van der Waals surface area contributed by atoms with E-state index in [-0.39, 0.29) is 23.2 Å². The van der Waals surface area contributed by atoms with Crippen molar-refractivity contribution >= 4 is 17.4 Å². The molecule has 0 fully saturated rings. The fraction of sp³-hybridized carbons (Fsp3) is 0.333. The van der Waals surface area contributed by atoms with Crippen LogP contribution in [0.25, 0.3) is 0 Å². The number of hydrogen-bond donors (Lipinski definition) is 3. The number of anilines is 1. The number of amides is 1. The van der Waals surface area contributed by atoms with E-state index < -0.39 is 5.82 Å². The minimum absolute atomic E-state index is 0.148. The fourth-order valence-electron chi connectivity index (χ4n) is 1.46. The van der Waals surface area contributed by atoms with Crippen LogP contribution in [0.2, 0.25) is 0 Å². The first kappa shape index (κ1) is 14.0. The number of carbonyl (C=O) groups is 1. The molecule has 98 valence electrons. The number of benzene rings is 1. The standard InChI is InChI=1S/C12H16FN3O2/c1-7(2)5-11(17)15-10-4-3-8(13)6-9(10)12(14)16-18/h3-4,6-7,18H,5H2,1-2H3,(H2,14,16)(H,15,17). The summed E-state index contributed by atoms with van der Waals surface area (Å²) < 4.78 is 13.1. The molecule has 0 radical (unpaired) electrons. The Morgan fingerprint density at radius 3 is 2.78 bits per heavy atom. The van der Waals surface area contributed by atoms with Gasteiger partial charge in [0.25, 0.3) is 0 Å². The third-order valence-electron chi connectivity index (χ3n) is 2.23. The van der Waals surface area contributed by atoms with Gasteiger partial charge in [-0.3, -0.25) is 4.79 Å². The third kappa shape index (κ3) is 3.73. The summed E-state index contributed by atoms with van der Waals surface area (Å²) in [6.07, 6.45) is 0.340. The summed E-state index contributed by atoms with van der Waals surface area (Å²) in [5.74, 6) is -0.783. The van der Waals surface area contributed by atoms with Crippen LogP contribution in [0.15, 0.2) is 23.4 Å². The van der Waals surface area contributed by atoms with Crippen LogP contribution in [0.5, 0.6) is 0 Å². The van der Waals surface area contributed by atoms with Gasteiger partial charge in [-0.25, -0.2) is 4.39 Å². The zero-order chi connectivity index (χ0) is 13.7. The van der Waals surface area contributed by atoms with Crippen molar-refractivity contribution < 1.29 is 14.4 Å². The molecule has 0 heterocycles. The van der Waals surface area contributed by atoms with Gasteiger partial charge in [0, 0.05) is 12.0 Å². The van der Waals surface area contributed by atoms with Gasteiger partial charge < -0.3 is 16.3 Å². The highest BCUT2D eigenvalue weighted by molar-refractivity contribution is 6.05. The first-order chi connectivity index (χ1) is 8.43. The molecular formula is C12H16FN3O2. The highest BCUT2D eigenvalue weighted by atomic mass is 19.1. The van der Waals surface area contributed by atoms with Crippen LogP contribution in [0.1, 0.15) is 25.8 Å². The minimum Gasteiger partial charge on any atom is -0.409 e. The molecule has 0 aromatic heterocycles. The van der Waals surface area contributed by atoms with Crippen molar-refractivity contribution in [3.63, 3.8) is 0 Å². The lowest BCUT2D eigenvalue weighted by Crippen LogP contribution is -2.20. The highest BCUT2D eigenvalue weighted by Crippen LogP contribution is 2.17. The molecule has 0 aliphatic heterocycles. The second kappa shape index (κ2) is 6.00. The van der Waals surface area contributed by atoms with Gasteiger partial charge in [-0.05, 0) is 24.1 Å². The van der Waals surface area contributed by atoms with E-state index in [4.69, 9.17) is 10.9 Å². The van der Waals surface area contributed by atoms with Gasteiger partial charge in [0.15, 0.2) is 5.84 Å². The summed E-state index contributed by atoms with van der Waals surface area (Å²) in [6, 6.07) is 3.67. The zero-order valence-corrected chi connectivity index (χ0v) is 10.3. The predicted molar refractivity (Wildman–Crippen MR) is 67.0 cm³/mol. The van der Waals surface area contributed by atoms with E-state index in [9.17, 15) is 9.18 Å². The predicted octanol–water partition coefficient (Wildman–Crippen LogP) is 1.90. The van der Waals surface area contributed by atoms with E-state index in [1.807, 2.05) is 13.8 Å². The maximum absolute atomic E-state index is 13.1. The largest absolute Gasteiger partial charge is 0.409 e. The molecular weight excluding hydrogens is 237 g/mol. The Labute approximate surface area is 104 Å². The van der Waals surface area contributed by atoms with Crippen molar-refractivity contribution in [3.05, 3.63) is 29.6 Å². The Morgan fingerprint density at radius 2 is 2.22 bits per heavy atom. The van der Waals surface area contributed by atoms with Gasteiger partial charge in [0.05, 0.1) is 5.69 Å². The molecule has 6 heteroatoms. The summed E-state index contributed by atoms with van der Waals surface area (Å²) in [5.41, 5.74) is 5.89. The number of rotatable bonds is 4. The number of hydrogen-bond acceptors (Lipinski definition) is 3. The lowest BCUT2D eigenvalue weighted by Gasteiger charge is -2.11. The van der Waals surface area contributed by atoms with Crippen molar-refractivity contribution in [2.75, 3.05) is 5.32 Å². The van der Waals surface area contributed by atoms with E-state index in [1.165, 1.54) is 12.1 Å². The van der Waals surface area contributed by atoms with Crippen LogP contribution in [0.3, 0.4) is 0 Å². The molecule has 0 spiro atoms. The number of halogens is 1. The summed E-state index contributed by atoms with van der Waals surface area (Å²) in [4.78, 5) is 11.6. The minimum atomic E-state index is -0.529. The summed E-state index contributed by atoms with van der Waals surface area (Å²) in [5, 5.41) is 14.0. The van der Waals surface area contributed by atoms with Gasteiger partial charge in [-0.15, -0.1) is 0 Å². The van der Waals surface area contributed by atoms with Crippen molar-refractivity contribution in [3.8, 4) is 0 Å². The number of nitrogens with two attached hydrogens (primary N) is 1. The molecule has 4 N–H and O–H groups in total. The maximum atomic E-state index is 13.1. The molecule has 0 atom stereocenters. The first-order valence-corrected chi connectivity index (χ1v) is 5.51. The summed E-state index contributed by atoms with van der Waals surface area (Å²) in [7, 11) is 0. The lowest BCUT2D eigenvalue weighted by molar-refractivity contribution is -0.116. The average Bonchev–Trinajstić information content (AvgIpc) is 2.29. The lowest BCUT2D eigenvalue weighted by atomic mass is 10.1. The van der Waals surface area contributed by atoms with E-state index >= 15 is 0 Å². The topological polar surface area (TPSA) is 87.7 Å². The van der Waals surface area contributed by atoms with E-state index in [1.54, 1.807) is 0 Å². The molecule has 1 aromatic rings. The molecule has 1 amide bonds. The Balaban J connectivity index is 2.98. The van der Waals surface area contributed by atoms with Crippen LogP contribution < -0.4 is 11.1 Å². The molecule has 0 aliphatic carbocycles. The van der Waals surface area contributed by atoms with Crippen molar-refractivity contribution in [1.29, 1.82) is 0 Å². The number of nitrogens with one attached hydrogen (secondary N) is 1. The quantitative estimate of drug-likeness (QED) is 0.331. The highest BCUT2D eigenvalue weighted by Gasteiger charge is 2.12. The van der Waals surface area contributed by atoms with Crippen LogP contribution in [0.4, 0.5) is 10.1 Å². The smallest absolute Gasteiger partial charge is 0.224 e. The SMILES string of the molecule is CC(C)CC(=O)Nc1ccc(F)cc1/C(N)=N/O. The monoisotopic (exact) mass is 253 g/mol. The summed E-state index contributed by atoms with van der Waals surface area (Å²) >= 11 is 0. The van der Waals surface area contributed by atoms with Gasteiger partial charge in [0.2, 0.25) is 5.91 Å². The Kier molecular flexibility index (Phi) is 4.65. The van der Waals surface area contributed by atoms with Gasteiger partial charge in [0.1, 0.15) is 5.82 Å². The van der Waals surface area contributed by atoms with Crippen LogP contribution in [-0.4, -0.2) is 17.0 Å². The maximum Gasteiger partial charge on any atom is 0.224 e. The van der Waals surface area contributed by atoms with Crippen LogP contribution in [-0.2, 0) is 4.79 Å². The van der Waals surface area contributed by atoms with Gasteiger partial charge in [-0.2, -0.15) is 0 Å². The fourth-order valence-corrected chi connectivity index (χ4v) is 1.46. The second-order valence-electron chi connectivity index (χ2n) is 4.32. The van der Waals surface area contributed by atoms with Crippen LogP contribution >= 0.6 is 0 Å². The molecule has 5 nitrogen and oxygen atoms in total. The van der Waals surface area contributed by atoms with Crippen molar-refractivity contribution in [1.82, 2.24) is 0 Å². The molecule has 0 aliphatic rings. The van der Waals surface area contributed by atoms with E-state index in [0.29, 0.717) is 12.1 Å². The first-order valence-electron chi connectivity index (χ1n) is 5.51. The van der Waals surface area contributed by atoms with E-state index in [2.05, 4.69) is 10.5 Å².